The molecule has 0 spiro atoms. The summed E-state index contributed by atoms with van der Waals surface area (Å²) < 4.78 is 0. The Kier molecular flexibility index (Phi) is 7.76. The fourth-order valence-electron chi connectivity index (χ4n) is 4.72. The van der Waals surface area contributed by atoms with E-state index >= 15 is 0 Å². The van der Waals surface area contributed by atoms with Crippen molar-refractivity contribution in [1.82, 2.24) is 0 Å². The maximum absolute atomic E-state index is 13.0. The highest BCUT2D eigenvalue weighted by molar-refractivity contribution is 6.25. The number of nitrogens with zero attached hydrogens (tertiary/aromatic N) is 2. The topological polar surface area (TPSA) is 99.3 Å². The molecule has 0 aromatic heterocycles. The van der Waals surface area contributed by atoms with Crippen LogP contribution >= 0.6 is 0 Å². The van der Waals surface area contributed by atoms with Gasteiger partial charge in [0.05, 0.1) is 33.6 Å². The lowest BCUT2D eigenvalue weighted by Crippen LogP contribution is -2.34. The van der Waals surface area contributed by atoms with Crippen molar-refractivity contribution in [2.45, 2.75) is 119 Å². The van der Waals surface area contributed by atoms with Gasteiger partial charge in [0.15, 0.2) is 11.6 Å². The molecule has 0 aromatic rings. The second kappa shape index (κ2) is 9.43. The molecule has 6 heteroatoms. The summed E-state index contributed by atoms with van der Waals surface area (Å²) in [5.41, 5.74) is 0.534. The van der Waals surface area contributed by atoms with Gasteiger partial charge in [0.2, 0.25) is 0 Å². The Bertz CT molecular complexity index is 897. The quantitative estimate of drug-likeness (QED) is 0.355. The molecule has 2 rings (SSSR count). The van der Waals surface area contributed by atoms with E-state index in [1.807, 2.05) is 69.2 Å². The number of Topliss-reactive ketones (excluding diaryl/α,β-unsaturated/α-hetero) is 2. The number of aliphatic hydroxyl groups is 2. The Morgan fingerprint density at radius 2 is 0.971 bits per heavy atom. The number of aliphatic hydroxyl groups excluding tert-OH is 2. The third-order valence-electron chi connectivity index (χ3n) is 5.82. The minimum Gasteiger partial charge on any atom is -0.511 e. The van der Waals surface area contributed by atoms with Gasteiger partial charge in [-0.3, -0.25) is 19.6 Å². The SMILES string of the molecule is CC1(C)CC(=O)/C(=C(/O)CC/C(O)=C2\C(=O)CC(C)(C)CC2=NC(C)(C)C)C(=NC(C)(C)C)C1. The summed E-state index contributed by atoms with van der Waals surface area (Å²) in [5, 5.41) is 21.9. The van der Waals surface area contributed by atoms with Gasteiger partial charge >= 0.3 is 0 Å². The van der Waals surface area contributed by atoms with Crippen LogP contribution in [0.1, 0.15) is 108 Å². The zero-order valence-corrected chi connectivity index (χ0v) is 22.8. The van der Waals surface area contributed by atoms with E-state index in [1.54, 1.807) is 0 Å². The first kappa shape index (κ1) is 28.0. The molecule has 6 nitrogen and oxygen atoms in total. The first-order valence-electron chi connectivity index (χ1n) is 12.3. The van der Waals surface area contributed by atoms with Crippen LogP contribution in [0.4, 0.5) is 0 Å². The van der Waals surface area contributed by atoms with E-state index in [0.717, 1.165) is 0 Å². The van der Waals surface area contributed by atoms with Crippen LogP contribution in [0.5, 0.6) is 0 Å². The lowest BCUT2D eigenvalue weighted by atomic mass is 9.72. The van der Waals surface area contributed by atoms with Crippen LogP contribution in [0.3, 0.4) is 0 Å². The summed E-state index contributed by atoms with van der Waals surface area (Å²) in [6.45, 7) is 19.9. The van der Waals surface area contributed by atoms with Crippen molar-refractivity contribution >= 4 is 23.0 Å². The monoisotopic (exact) mass is 472 g/mol. The number of rotatable bonds is 3. The number of carbonyl (C=O) groups excluding carboxylic acids is 2. The first-order valence-corrected chi connectivity index (χ1v) is 12.3. The van der Waals surface area contributed by atoms with E-state index in [1.165, 1.54) is 0 Å². The van der Waals surface area contributed by atoms with Crippen LogP contribution in [0.25, 0.3) is 0 Å². The minimum absolute atomic E-state index is 0.0550. The Morgan fingerprint density at radius 1 is 0.676 bits per heavy atom. The molecule has 2 aliphatic rings. The van der Waals surface area contributed by atoms with Gasteiger partial charge in [-0.25, -0.2) is 0 Å². The summed E-state index contributed by atoms with van der Waals surface area (Å²) >= 11 is 0. The number of carbonyl (C=O) groups is 2. The maximum atomic E-state index is 13.0. The molecule has 2 saturated carbocycles. The molecule has 2 N–H and O–H groups in total. The van der Waals surface area contributed by atoms with Crippen LogP contribution in [-0.2, 0) is 9.59 Å². The van der Waals surface area contributed by atoms with Gasteiger partial charge in [0.25, 0.3) is 0 Å². The van der Waals surface area contributed by atoms with Crippen molar-refractivity contribution in [2.24, 2.45) is 20.8 Å². The van der Waals surface area contributed by atoms with Crippen LogP contribution in [-0.4, -0.2) is 44.3 Å². The molecule has 190 valence electrons. The zero-order valence-electron chi connectivity index (χ0n) is 22.8. The number of ketones is 2. The standard InChI is InChI=1S/C28H44N2O4/c1-25(2,3)29-17-13-27(7,8)15-21(33)23(17)19(31)11-12-20(32)24-18(30-26(4,5)6)14-28(9,10)16-22(24)34/h31-32H,11-16H2,1-10H3/b23-19+,24-20+,29-17?,30-18?. The predicted molar refractivity (Wildman–Crippen MR) is 139 cm³/mol. The Hall–Kier alpha value is -2.24. The molecular formula is C28H44N2O4. The van der Waals surface area contributed by atoms with Crippen LogP contribution in [0.15, 0.2) is 32.6 Å². The van der Waals surface area contributed by atoms with E-state index < -0.39 is 11.1 Å². The molecule has 0 saturated heterocycles. The smallest absolute Gasteiger partial charge is 0.168 e. The van der Waals surface area contributed by atoms with Crippen LogP contribution in [0, 0.1) is 10.8 Å². The average Bonchev–Trinajstić information content (AvgIpc) is 2.53. The zero-order chi connectivity index (χ0) is 26.3. The second-order valence-electron chi connectivity index (χ2n) is 13.5. The fraction of sp³-hybridized carbons (Fsp3) is 0.714. The first-order chi connectivity index (χ1) is 15.2. The van der Waals surface area contributed by atoms with E-state index in [9.17, 15) is 19.8 Å². The highest BCUT2D eigenvalue weighted by Gasteiger charge is 2.38. The molecular weight excluding hydrogens is 428 g/mol. The highest BCUT2D eigenvalue weighted by Crippen LogP contribution is 2.38. The van der Waals surface area contributed by atoms with Crippen molar-refractivity contribution in [3.8, 4) is 0 Å². The molecule has 0 radical (unpaired) electrons. The van der Waals surface area contributed by atoms with E-state index in [2.05, 4.69) is 0 Å². The number of allylic oxidation sites excluding steroid dienone is 4. The average molecular weight is 473 g/mol. The molecule has 0 amide bonds. The molecule has 2 fully saturated rings. The molecule has 0 heterocycles. The Morgan fingerprint density at radius 3 is 1.24 bits per heavy atom. The fourth-order valence-corrected chi connectivity index (χ4v) is 4.72. The van der Waals surface area contributed by atoms with Gasteiger partial charge in [0, 0.05) is 25.7 Å². The van der Waals surface area contributed by atoms with Gasteiger partial charge in [-0.1, -0.05) is 27.7 Å². The van der Waals surface area contributed by atoms with Gasteiger partial charge in [-0.15, -0.1) is 0 Å². The van der Waals surface area contributed by atoms with E-state index in [-0.39, 0.29) is 57.9 Å². The molecule has 0 aliphatic heterocycles. The van der Waals surface area contributed by atoms with Crippen LogP contribution < -0.4 is 0 Å². The van der Waals surface area contributed by atoms with Crippen molar-refractivity contribution in [2.75, 3.05) is 0 Å². The molecule has 2 aliphatic carbocycles. The normalized spacial score (nSPS) is 26.8. The van der Waals surface area contributed by atoms with Gasteiger partial charge < -0.3 is 10.2 Å². The van der Waals surface area contributed by atoms with Gasteiger partial charge in [0.1, 0.15) is 11.5 Å². The highest BCUT2D eigenvalue weighted by atomic mass is 16.3. The summed E-state index contributed by atoms with van der Waals surface area (Å²) in [7, 11) is 0. The minimum atomic E-state index is -0.391. The predicted octanol–water partition coefficient (Wildman–Crippen LogP) is 6.65. The summed E-state index contributed by atoms with van der Waals surface area (Å²) in [6, 6.07) is 0. The molecule has 0 atom stereocenters. The largest absolute Gasteiger partial charge is 0.511 e. The molecule has 0 aromatic carbocycles. The third-order valence-corrected chi connectivity index (χ3v) is 5.82. The number of hydrogen-bond acceptors (Lipinski definition) is 6. The lowest BCUT2D eigenvalue weighted by Gasteiger charge is -2.33. The molecule has 0 unspecified atom stereocenters. The lowest BCUT2D eigenvalue weighted by molar-refractivity contribution is -0.118. The van der Waals surface area contributed by atoms with Gasteiger partial charge in [-0.2, -0.15) is 0 Å². The number of aliphatic imine (C=N–C) groups is 2. The van der Waals surface area contributed by atoms with Crippen molar-refractivity contribution < 1.29 is 19.8 Å². The Labute approximate surface area is 205 Å². The summed E-state index contributed by atoms with van der Waals surface area (Å²) in [6.07, 6.45) is 1.97. The molecule has 0 bridgehead atoms. The molecule has 34 heavy (non-hydrogen) atoms. The van der Waals surface area contributed by atoms with E-state index in [0.29, 0.717) is 37.1 Å². The van der Waals surface area contributed by atoms with Crippen molar-refractivity contribution in [3.63, 3.8) is 0 Å². The Balaban J connectivity index is 2.44. The van der Waals surface area contributed by atoms with Crippen molar-refractivity contribution in [3.05, 3.63) is 22.7 Å². The third kappa shape index (κ3) is 7.64. The summed E-state index contributed by atoms with van der Waals surface area (Å²) in [5.74, 6) is -0.411. The number of hydrogen-bond donors (Lipinski definition) is 2. The van der Waals surface area contributed by atoms with Gasteiger partial charge in [-0.05, 0) is 65.2 Å². The van der Waals surface area contributed by atoms with Crippen LogP contribution in [0.2, 0.25) is 0 Å². The maximum Gasteiger partial charge on any atom is 0.168 e. The van der Waals surface area contributed by atoms with Crippen molar-refractivity contribution in [1.29, 1.82) is 0 Å². The second-order valence-corrected chi connectivity index (χ2v) is 13.5. The van der Waals surface area contributed by atoms with E-state index in [4.69, 9.17) is 9.98 Å². The summed E-state index contributed by atoms with van der Waals surface area (Å²) in [4.78, 5) is 35.4.